The molecule has 5 heteroatoms. The number of likely N-dealkylation sites (tertiary alicyclic amines) is 1. The number of ether oxygens (including phenoxy) is 1. The molecule has 3 rings (SSSR count). The first kappa shape index (κ1) is 17.6. The molecule has 0 unspecified atom stereocenters. The van der Waals surface area contributed by atoms with Crippen molar-refractivity contribution in [1.82, 2.24) is 9.47 Å². The maximum atomic E-state index is 12.1. The lowest BCUT2D eigenvalue weighted by Crippen LogP contribution is -2.35. The van der Waals surface area contributed by atoms with Crippen molar-refractivity contribution >= 4 is 21.6 Å². The van der Waals surface area contributed by atoms with Crippen LogP contribution >= 0.6 is 11.3 Å². The lowest BCUT2D eigenvalue weighted by molar-refractivity contribution is 0.109. The predicted molar refractivity (Wildman–Crippen MR) is 101 cm³/mol. The Morgan fingerprint density at radius 2 is 2.00 bits per heavy atom. The molecule has 1 saturated heterocycles. The lowest BCUT2D eigenvalue weighted by atomic mass is 9.94. The van der Waals surface area contributed by atoms with Crippen molar-refractivity contribution in [2.24, 2.45) is 5.92 Å². The standard InChI is InChI=1S/C19H28N2O2S/c1-2-23-15-10-16-8-13-20(14-9-16)11-5-12-21-17-6-3-4-7-18(17)24-19(21)22/h3-4,6-7,16H,2,5,8-15H2,1H3. The van der Waals surface area contributed by atoms with Gasteiger partial charge in [-0.25, -0.2) is 0 Å². The van der Waals surface area contributed by atoms with Crippen molar-refractivity contribution in [1.29, 1.82) is 0 Å². The van der Waals surface area contributed by atoms with Gasteiger partial charge in [0.1, 0.15) is 0 Å². The molecule has 0 amide bonds. The van der Waals surface area contributed by atoms with Crippen LogP contribution in [0.1, 0.15) is 32.6 Å². The van der Waals surface area contributed by atoms with E-state index < -0.39 is 0 Å². The van der Waals surface area contributed by atoms with Gasteiger partial charge in [-0.1, -0.05) is 23.5 Å². The SMILES string of the molecule is CCOCCC1CCN(CCCn2c(=O)sc3ccccc32)CC1. The van der Waals surface area contributed by atoms with E-state index in [1.807, 2.05) is 22.8 Å². The Balaban J connectivity index is 1.42. The third-order valence-electron chi connectivity index (χ3n) is 5.01. The fourth-order valence-corrected chi connectivity index (χ4v) is 4.49. The van der Waals surface area contributed by atoms with Gasteiger partial charge in [-0.3, -0.25) is 9.36 Å². The molecule has 0 bridgehead atoms. The molecule has 4 nitrogen and oxygen atoms in total. The Morgan fingerprint density at radius 3 is 2.79 bits per heavy atom. The highest BCUT2D eigenvalue weighted by Crippen LogP contribution is 2.21. The van der Waals surface area contributed by atoms with Gasteiger partial charge in [0.25, 0.3) is 0 Å². The van der Waals surface area contributed by atoms with Gasteiger partial charge in [-0.05, 0) is 70.3 Å². The summed E-state index contributed by atoms with van der Waals surface area (Å²) in [6, 6.07) is 8.10. The highest BCUT2D eigenvalue weighted by Gasteiger charge is 2.18. The van der Waals surface area contributed by atoms with Gasteiger partial charge in [0.2, 0.25) is 0 Å². The van der Waals surface area contributed by atoms with Gasteiger partial charge in [0.05, 0.1) is 10.2 Å². The highest BCUT2D eigenvalue weighted by molar-refractivity contribution is 7.16. The summed E-state index contributed by atoms with van der Waals surface area (Å²) in [6.45, 7) is 8.10. The summed E-state index contributed by atoms with van der Waals surface area (Å²) in [5, 5.41) is 0. The minimum Gasteiger partial charge on any atom is -0.382 e. The summed E-state index contributed by atoms with van der Waals surface area (Å²) in [4.78, 5) is 14.9. The van der Waals surface area contributed by atoms with Crippen LogP contribution in [0.2, 0.25) is 0 Å². The van der Waals surface area contributed by atoms with Gasteiger partial charge in [0.15, 0.2) is 0 Å². The Hall–Kier alpha value is -1.17. The van der Waals surface area contributed by atoms with E-state index in [0.29, 0.717) is 0 Å². The van der Waals surface area contributed by atoms with Crippen LogP contribution in [0.15, 0.2) is 29.1 Å². The molecule has 2 heterocycles. The van der Waals surface area contributed by atoms with Gasteiger partial charge in [-0.15, -0.1) is 0 Å². The average Bonchev–Trinajstić information content (AvgIpc) is 2.92. The second kappa shape index (κ2) is 8.79. The minimum absolute atomic E-state index is 0.172. The predicted octanol–water partition coefficient (Wildman–Crippen LogP) is 3.59. The van der Waals surface area contributed by atoms with E-state index >= 15 is 0 Å². The number of aromatic nitrogens is 1. The zero-order valence-corrected chi connectivity index (χ0v) is 15.4. The Labute approximate surface area is 148 Å². The summed E-state index contributed by atoms with van der Waals surface area (Å²) in [5.41, 5.74) is 1.09. The van der Waals surface area contributed by atoms with Gasteiger partial charge < -0.3 is 9.64 Å². The van der Waals surface area contributed by atoms with Crippen LogP contribution in [0, 0.1) is 5.92 Å². The minimum atomic E-state index is 0.172. The van der Waals surface area contributed by atoms with Crippen LogP contribution in [0.4, 0.5) is 0 Å². The maximum Gasteiger partial charge on any atom is 0.308 e. The summed E-state index contributed by atoms with van der Waals surface area (Å²) < 4.78 is 8.51. The second-order valence-corrected chi connectivity index (χ2v) is 7.60. The average molecular weight is 349 g/mol. The molecule has 0 saturated carbocycles. The molecular formula is C19H28N2O2S. The number of nitrogens with zero attached hydrogens (tertiary/aromatic N) is 2. The van der Waals surface area contributed by atoms with E-state index in [-0.39, 0.29) is 4.87 Å². The molecule has 1 aromatic heterocycles. The Morgan fingerprint density at radius 1 is 1.21 bits per heavy atom. The molecule has 0 spiro atoms. The van der Waals surface area contributed by atoms with Crippen LogP contribution in [-0.4, -0.2) is 42.3 Å². The monoisotopic (exact) mass is 348 g/mol. The number of para-hydroxylation sites is 1. The van der Waals surface area contributed by atoms with Crippen LogP contribution in [0.3, 0.4) is 0 Å². The third kappa shape index (κ3) is 4.47. The lowest BCUT2D eigenvalue weighted by Gasteiger charge is -2.31. The number of benzene rings is 1. The molecule has 1 aliphatic heterocycles. The van der Waals surface area contributed by atoms with Gasteiger partial charge >= 0.3 is 4.87 Å². The van der Waals surface area contributed by atoms with Crippen molar-refractivity contribution in [2.75, 3.05) is 32.8 Å². The zero-order chi connectivity index (χ0) is 16.8. The number of hydrogen-bond donors (Lipinski definition) is 0. The number of thiazole rings is 1. The summed E-state index contributed by atoms with van der Waals surface area (Å²) in [5.74, 6) is 0.830. The summed E-state index contributed by atoms with van der Waals surface area (Å²) >= 11 is 1.36. The molecule has 0 aliphatic carbocycles. The normalized spacial score (nSPS) is 16.9. The van der Waals surface area contributed by atoms with Gasteiger partial charge in [0, 0.05) is 19.8 Å². The number of piperidine rings is 1. The molecular weight excluding hydrogens is 320 g/mol. The van der Waals surface area contributed by atoms with Crippen LogP contribution in [0.5, 0.6) is 0 Å². The van der Waals surface area contributed by atoms with Crippen molar-refractivity contribution in [3.05, 3.63) is 33.9 Å². The molecule has 2 aromatic rings. The van der Waals surface area contributed by atoms with E-state index in [9.17, 15) is 4.79 Å². The first-order chi connectivity index (χ1) is 11.8. The molecule has 1 aromatic carbocycles. The van der Waals surface area contributed by atoms with E-state index in [4.69, 9.17) is 4.74 Å². The molecule has 1 aliphatic rings. The first-order valence-corrected chi connectivity index (χ1v) is 9.98. The van der Waals surface area contributed by atoms with Gasteiger partial charge in [-0.2, -0.15) is 0 Å². The number of rotatable bonds is 8. The van der Waals surface area contributed by atoms with E-state index in [1.165, 1.54) is 43.7 Å². The molecule has 1 fully saturated rings. The molecule has 0 atom stereocenters. The van der Waals surface area contributed by atoms with Crippen molar-refractivity contribution < 1.29 is 4.74 Å². The summed E-state index contributed by atoms with van der Waals surface area (Å²) in [6.07, 6.45) is 4.82. The van der Waals surface area contributed by atoms with E-state index in [2.05, 4.69) is 17.9 Å². The summed E-state index contributed by atoms with van der Waals surface area (Å²) in [7, 11) is 0. The maximum absolute atomic E-state index is 12.1. The molecule has 0 N–H and O–H groups in total. The molecule has 132 valence electrons. The smallest absolute Gasteiger partial charge is 0.308 e. The Kier molecular flexibility index (Phi) is 6.46. The van der Waals surface area contributed by atoms with Crippen LogP contribution < -0.4 is 4.87 Å². The van der Waals surface area contributed by atoms with Crippen molar-refractivity contribution in [2.45, 2.75) is 39.2 Å². The fourth-order valence-electron chi connectivity index (χ4n) is 3.57. The zero-order valence-electron chi connectivity index (χ0n) is 14.6. The highest BCUT2D eigenvalue weighted by atomic mass is 32.1. The van der Waals surface area contributed by atoms with Crippen molar-refractivity contribution in [3.8, 4) is 0 Å². The molecule has 24 heavy (non-hydrogen) atoms. The number of fused-ring (bicyclic) bond motifs is 1. The van der Waals surface area contributed by atoms with Crippen LogP contribution in [0.25, 0.3) is 10.2 Å². The topological polar surface area (TPSA) is 34.5 Å². The molecule has 0 radical (unpaired) electrons. The third-order valence-corrected chi connectivity index (χ3v) is 5.97. The number of hydrogen-bond acceptors (Lipinski definition) is 4. The fraction of sp³-hybridized carbons (Fsp3) is 0.632. The van der Waals surface area contributed by atoms with E-state index in [0.717, 1.165) is 48.9 Å². The first-order valence-electron chi connectivity index (χ1n) is 9.16. The van der Waals surface area contributed by atoms with Crippen molar-refractivity contribution in [3.63, 3.8) is 0 Å². The van der Waals surface area contributed by atoms with E-state index in [1.54, 1.807) is 0 Å². The number of aryl methyl sites for hydroxylation is 1. The quantitative estimate of drug-likeness (QED) is 0.684. The largest absolute Gasteiger partial charge is 0.382 e. The second-order valence-electron chi connectivity index (χ2n) is 6.61. The van der Waals surface area contributed by atoms with Crippen LogP contribution in [-0.2, 0) is 11.3 Å². The Bertz CT molecular complexity index is 686.